The van der Waals surface area contributed by atoms with E-state index in [2.05, 4.69) is 41.7 Å². The van der Waals surface area contributed by atoms with Crippen LogP contribution < -0.4 is 16.0 Å². The molecule has 5 nitrogen and oxygen atoms in total. The summed E-state index contributed by atoms with van der Waals surface area (Å²) in [6.45, 7) is 12.2. The number of guanidine groups is 1. The van der Waals surface area contributed by atoms with Crippen LogP contribution in [0.2, 0.25) is 0 Å². The Morgan fingerprint density at radius 1 is 1.14 bits per heavy atom. The van der Waals surface area contributed by atoms with Crippen LogP contribution in [-0.4, -0.2) is 30.5 Å². The van der Waals surface area contributed by atoms with Gasteiger partial charge in [-0.1, -0.05) is 12.1 Å². The number of rotatable bonds is 5. The third-order valence-electron chi connectivity index (χ3n) is 2.78. The molecule has 122 valence electrons. The first-order valence-corrected chi connectivity index (χ1v) is 7.79. The van der Waals surface area contributed by atoms with Crippen LogP contribution in [0.15, 0.2) is 29.3 Å². The molecule has 0 bridgehead atoms. The van der Waals surface area contributed by atoms with Crippen molar-refractivity contribution in [1.82, 2.24) is 16.0 Å². The van der Waals surface area contributed by atoms with Crippen LogP contribution in [0.25, 0.3) is 0 Å². The minimum absolute atomic E-state index is 0.0481. The fourth-order valence-corrected chi connectivity index (χ4v) is 1.91. The Hall–Kier alpha value is -2.04. The van der Waals surface area contributed by atoms with Crippen molar-refractivity contribution in [2.24, 2.45) is 4.99 Å². The highest BCUT2D eigenvalue weighted by Gasteiger charge is 2.11. The van der Waals surface area contributed by atoms with Gasteiger partial charge in [-0.25, -0.2) is 4.99 Å². The van der Waals surface area contributed by atoms with Crippen LogP contribution in [0.4, 0.5) is 0 Å². The maximum atomic E-state index is 11.9. The lowest BCUT2D eigenvalue weighted by atomic mass is 10.1. The average molecular weight is 304 g/mol. The van der Waals surface area contributed by atoms with Gasteiger partial charge in [-0.2, -0.15) is 0 Å². The molecule has 0 unspecified atom stereocenters. The largest absolute Gasteiger partial charge is 0.357 e. The van der Waals surface area contributed by atoms with E-state index >= 15 is 0 Å². The highest BCUT2D eigenvalue weighted by molar-refractivity contribution is 5.94. The Morgan fingerprint density at radius 3 is 2.41 bits per heavy atom. The molecule has 0 radical (unpaired) electrons. The van der Waals surface area contributed by atoms with Gasteiger partial charge in [0.25, 0.3) is 5.91 Å². The molecule has 0 spiro atoms. The van der Waals surface area contributed by atoms with Gasteiger partial charge in [0.1, 0.15) is 0 Å². The van der Waals surface area contributed by atoms with E-state index in [0.717, 1.165) is 18.1 Å². The second-order valence-corrected chi connectivity index (χ2v) is 6.13. The number of carbonyl (C=O) groups is 1. The number of amides is 1. The summed E-state index contributed by atoms with van der Waals surface area (Å²) < 4.78 is 0. The monoisotopic (exact) mass is 304 g/mol. The van der Waals surface area contributed by atoms with Gasteiger partial charge in [-0.15, -0.1) is 0 Å². The van der Waals surface area contributed by atoms with Crippen LogP contribution >= 0.6 is 0 Å². The molecule has 0 aliphatic rings. The normalized spacial score (nSPS) is 12.0. The fourth-order valence-electron chi connectivity index (χ4n) is 1.91. The standard InChI is InChI=1S/C17H28N4O/c1-6-18-15(22)14-10-8-9-13(11-14)12-20-16(19-7-2)21-17(3,4)5/h8-11H,6-7,12H2,1-5H3,(H,18,22)(H2,19,20,21). The first-order chi connectivity index (χ1) is 10.4. The lowest BCUT2D eigenvalue weighted by molar-refractivity contribution is 0.0955. The van der Waals surface area contributed by atoms with E-state index in [0.29, 0.717) is 18.7 Å². The molecule has 0 atom stereocenters. The van der Waals surface area contributed by atoms with Gasteiger partial charge < -0.3 is 16.0 Å². The zero-order chi connectivity index (χ0) is 16.6. The first kappa shape index (κ1) is 18.0. The van der Waals surface area contributed by atoms with Gasteiger partial charge in [0.15, 0.2) is 5.96 Å². The molecule has 0 aromatic heterocycles. The van der Waals surface area contributed by atoms with E-state index in [-0.39, 0.29) is 11.4 Å². The Morgan fingerprint density at radius 2 is 1.82 bits per heavy atom. The minimum Gasteiger partial charge on any atom is -0.357 e. The van der Waals surface area contributed by atoms with Crippen LogP contribution in [-0.2, 0) is 6.54 Å². The molecule has 0 saturated heterocycles. The predicted octanol–water partition coefficient (Wildman–Crippen LogP) is 2.29. The topological polar surface area (TPSA) is 65.5 Å². The maximum Gasteiger partial charge on any atom is 0.251 e. The first-order valence-electron chi connectivity index (χ1n) is 7.79. The molecule has 1 aromatic rings. The van der Waals surface area contributed by atoms with Gasteiger partial charge >= 0.3 is 0 Å². The van der Waals surface area contributed by atoms with E-state index in [1.165, 1.54) is 0 Å². The van der Waals surface area contributed by atoms with Gasteiger partial charge in [0.05, 0.1) is 6.54 Å². The fraction of sp³-hybridized carbons (Fsp3) is 0.529. The third kappa shape index (κ3) is 6.61. The summed E-state index contributed by atoms with van der Waals surface area (Å²) in [5.74, 6) is 0.728. The Bertz CT molecular complexity index is 518. The van der Waals surface area contributed by atoms with Crippen LogP contribution in [0.1, 0.15) is 50.5 Å². The van der Waals surface area contributed by atoms with Crippen molar-refractivity contribution in [3.05, 3.63) is 35.4 Å². The van der Waals surface area contributed by atoms with E-state index in [9.17, 15) is 4.79 Å². The van der Waals surface area contributed by atoms with E-state index < -0.39 is 0 Å². The number of hydrogen-bond acceptors (Lipinski definition) is 2. The molecule has 0 heterocycles. The summed E-state index contributed by atoms with van der Waals surface area (Å²) in [5.41, 5.74) is 1.63. The van der Waals surface area contributed by atoms with Gasteiger partial charge in [0.2, 0.25) is 0 Å². The molecular weight excluding hydrogens is 276 g/mol. The number of benzene rings is 1. The van der Waals surface area contributed by atoms with Crippen molar-refractivity contribution in [3.8, 4) is 0 Å². The van der Waals surface area contributed by atoms with E-state index in [1.54, 1.807) is 0 Å². The SMILES string of the molecule is CCNC(=O)c1cccc(CN=C(NCC)NC(C)(C)C)c1. The van der Waals surface area contributed by atoms with Crippen molar-refractivity contribution in [3.63, 3.8) is 0 Å². The quantitative estimate of drug-likeness (QED) is 0.577. The van der Waals surface area contributed by atoms with Gasteiger partial charge in [0, 0.05) is 24.2 Å². The molecule has 0 aliphatic carbocycles. The molecule has 1 rings (SSSR count). The van der Waals surface area contributed by atoms with E-state index in [1.807, 2.05) is 38.1 Å². The Balaban J connectivity index is 2.81. The summed E-state index contributed by atoms with van der Waals surface area (Å²) in [7, 11) is 0. The number of aliphatic imine (C=N–C) groups is 1. The lowest BCUT2D eigenvalue weighted by Gasteiger charge is -2.23. The zero-order valence-electron chi connectivity index (χ0n) is 14.3. The number of carbonyl (C=O) groups excluding carboxylic acids is 1. The van der Waals surface area contributed by atoms with Gasteiger partial charge in [-0.05, 0) is 52.3 Å². The number of nitrogens with zero attached hydrogens (tertiary/aromatic N) is 1. The van der Waals surface area contributed by atoms with Crippen molar-refractivity contribution in [2.75, 3.05) is 13.1 Å². The third-order valence-corrected chi connectivity index (χ3v) is 2.78. The van der Waals surface area contributed by atoms with Crippen molar-refractivity contribution in [1.29, 1.82) is 0 Å². The second-order valence-electron chi connectivity index (χ2n) is 6.13. The van der Waals surface area contributed by atoms with E-state index in [4.69, 9.17) is 0 Å². The number of hydrogen-bond donors (Lipinski definition) is 3. The molecule has 22 heavy (non-hydrogen) atoms. The molecular formula is C17H28N4O. The summed E-state index contributed by atoms with van der Waals surface area (Å²) >= 11 is 0. The zero-order valence-corrected chi connectivity index (χ0v) is 14.3. The van der Waals surface area contributed by atoms with Gasteiger partial charge in [-0.3, -0.25) is 4.79 Å². The molecule has 0 saturated carbocycles. The van der Waals surface area contributed by atoms with Crippen molar-refractivity contribution >= 4 is 11.9 Å². The van der Waals surface area contributed by atoms with Crippen LogP contribution in [0.3, 0.4) is 0 Å². The second kappa shape index (κ2) is 8.41. The number of nitrogens with one attached hydrogen (secondary N) is 3. The molecule has 1 aromatic carbocycles. The molecule has 0 fully saturated rings. The van der Waals surface area contributed by atoms with Crippen LogP contribution in [0, 0.1) is 0 Å². The highest BCUT2D eigenvalue weighted by Crippen LogP contribution is 2.07. The van der Waals surface area contributed by atoms with Crippen molar-refractivity contribution < 1.29 is 4.79 Å². The smallest absolute Gasteiger partial charge is 0.251 e. The molecule has 0 aliphatic heterocycles. The van der Waals surface area contributed by atoms with Crippen LogP contribution in [0.5, 0.6) is 0 Å². The molecule has 3 N–H and O–H groups in total. The summed E-state index contributed by atoms with van der Waals surface area (Å²) in [6.07, 6.45) is 0. The average Bonchev–Trinajstić information content (AvgIpc) is 2.44. The minimum atomic E-state index is -0.0517. The summed E-state index contributed by atoms with van der Waals surface area (Å²) in [4.78, 5) is 16.4. The Kier molecular flexibility index (Phi) is 6.89. The maximum absolute atomic E-state index is 11.9. The summed E-state index contributed by atoms with van der Waals surface area (Å²) in [6, 6.07) is 7.57. The highest BCUT2D eigenvalue weighted by atomic mass is 16.1. The summed E-state index contributed by atoms with van der Waals surface area (Å²) in [5, 5.41) is 9.38. The molecule has 5 heteroatoms. The van der Waals surface area contributed by atoms with Crippen molar-refractivity contribution in [2.45, 2.75) is 46.7 Å². The predicted molar refractivity (Wildman–Crippen MR) is 92.2 cm³/mol. The molecule has 1 amide bonds. The Labute approximate surface area is 133 Å². The lowest BCUT2D eigenvalue weighted by Crippen LogP contribution is -2.47.